The average molecular weight is 291 g/mol. The van der Waals surface area contributed by atoms with Gasteiger partial charge in [-0.3, -0.25) is 9.59 Å². The second-order valence-corrected chi connectivity index (χ2v) is 5.05. The molecule has 1 amide bonds. The summed E-state index contributed by atoms with van der Waals surface area (Å²) in [7, 11) is 0. The molecule has 1 aromatic heterocycles. The first-order chi connectivity index (χ1) is 9.65. The quantitative estimate of drug-likeness (QED) is 0.852. The highest BCUT2D eigenvalue weighted by Crippen LogP contribution is 2.25. The predicted molar refractivity (Wildman–Crippen MR) is 75.5 cm³/mol. The van der Waals surface area contributed by atoms with Crippen molar-refractivity contribution < 1.29 is 14.7 Å². The third-order valence-electron chi connectivity index (χ3n) is 2.49. The Morgan fingerprint density at radius 3 is 2.60 bits per heavy atom. The maximum Gasteiger partial charge on any atom is 0.303 e. The maximum absolute atomic E-state index is 11.6. The number of anilines is 1. The van der Waals surface area contributed by atoms with Gasteiger partial charge in [-0.25, -0.2) is 0 Å². The molecule has 0 aliphatic rings. The van der Waals surface area contributed by atoms with Crippen LogP contribution in [0.3, 0.4) is 0 Å². The monoisotopic (exact) mass is 291 g/mol. The molecule has 104 valence electrons. The number of amides is 1. The van der Waals surface area contributed by atoms with Crippen molar-refractivity contribution in [3.8, 4) is 10.6 Å². The summed E-state index contributed by atoms with van der Waals surface area (Å²) in [5.74, 6) is -1.15. The molecule has 0 radical (unpaired) electrons. The Bertz CT molecular complexity index is 598. The van der Waals surface area contributed by atoms with E-state index in [1.807, 2.05) is 30.3 Å². The summed E-state index contributed by atoms with van der Waals surface area (Å²) in [4.78, 5) is 21.9. The number of rotatable bonds is 6. The molecule has 0 saturated carbocycles. The van der Waals surface area contributed by atoms with E-state index >= 15 is 0 Å². The van der Waals surface area contributed by atoms with E-state index in [1.54, 1.807) is 0 Å². The van der Waals surface area contributed by atoms with Gasteiger partial charge in [0.1, 0.15) is 5.01 Å². The minimum Gasteiger partial charge on any atom is -0.481 e. The third-order valence-corrected chi connectivity index (χ3v) is 3.37. The van der Waals surface area contributed by atoms with Gasteiger partial charge in [-0.05, 0) is 6.42 Å². The summed E-state index contributed by atoms with van der Waals surface area (Å²) in [5.41, 5.74) is 0.941. The first-order valence-electron chi connectivity index (χ1n) is 6.06. The largest absolute Gasteiger partial charge is 0.481 e. The average Bonchev–Trinajstić information content (AvgIpc) is 2.88. The summed E-state index contributed by atoms with van der Waals surface area (Å²) in [6, 6.07) is 9.55. The molecule has 2 rings (SSSR count). The third kappa shape index (κ3) is 4.13. The van der Waals surface area contributed by atoms with Crippen LogP contribution in [0.4, 0.5) is 5.13 Å². The number of nitrogens with zero attached hydrogens (tertiary/aromatic N) is 2. The molecule has 1 heterocycles. The topological polar surface area (TPSA) is 92.2 Å². The zero-order valence-electron chi connectivity index (χ0n) is 10.6. The highest BCUT2D eigenvalue weighted by molar-refractivity contribution is 7.18. The molecular weight excluding hydrogens is 278 g/mol. The van der Waals surface area contributed by atoms with Gasteiger partial charge < -0.3 is 10.4 Å². The maximum atomic E-state index is 11.6. The zero-order chi connectivity index (χ0) is 14.4. The van der Waals surface area contributed by atoms with E-state index in [9.17, 15) is 9.59 Å². The van der Waals surface area contributed by atoms with E-state index in [0.717, 1.165) is 10.6 Å². The first kappa shape index (κ1) is 14.1. The number of hydrogen-bond acceptors (Lipinski definition) is 5. The Hall–Kier alpha value is -2.28. The van der Waals surface area contributed by atoms with Crippen molar-refractivity contribution in [2.75, 3.05) is 5.32 Å². The van der Waals surface area contributed by atoms with E-state index in [1.165, 1.54) is 11.3 Å². The van der Waals surface area contributed by atoms with Gasteiger partial charge in [0, 0.05) is 18.4 Å². The van der Waals surface area contributed by atoms with Crippen LogP contribution < -0.4 is 5.32 Å². The number of nitrogens with one attached hydrogen (secondary N) is 1. The van der Waals surface area contributed by atoms with E-state index in [0.29, 0.717) is 11.6 Å². The van der Waals surface area contributed by atoms with E-state index in [-0.39, 0.29) is 18.7 Å². The molecule has 0 fully saturated rings. The van der Waals surface area contributed by atoms with Crippen molar-refractivity contribution in [3.05, 3.63) is 30.3 Å². The Kier molecular flexibility index (Phi) is 4.78. The van der Waals surface area contributed by atoms with E-state index < -0.39 is 5.97 Å². The van der Waals surface area contributed by atoms with Gasteiger partial charge in [0.2, 0.25) is 11.0 Å². The lowest BCUT2D eigenvalue weighted by Crippen LogP contribution is -2.11. The second kappa shape index (κ2) is 6.76. The minimum atomic E-state index is -0.903. The van der Waals surface area contributed by atoms with E-state index in [2.05, 4.69) is 15.5 Å². The van der Waals surface area contributed by atoms with Gasteiger partial charge in [-0.1, -0.05) is 41.7 Å². The fraction of sp³-hybridized carbons (Fsp3) is 0.231. The Balaban J connectivity index is 1.90. The van der Waals surface area contributed by atoms with Crippen molar-refractivity contribution >= 4 is 28.3 Å². The number of carboxylic acid groups (broad SMARTS) is 1. The van der Waals surface area contributed by atoms with Crippen molar-refractivity contribution in [1.82, 2.24) is 10.2 Å². The number of aromatic nitrogens is 2. The predicted octanol–water partition coefficient (Wildman–Crippen LogP) is 2.40. The summed E-state index contributed by atoms with van der Waals surface area (Å²) >= 11 is 1.28. The van der Waals surface area contributed by atoms with Crippen LogP contribution in [0.25, 0.3) is 10.6 Å². The lowest BCUT2D eigenvalue weighted by molar-refractivity contribution is -0.137. The standard InChI is InChI=1S/C13H13N3O3S/c17-10(7-4-8-11(18)19)14-13-16-15-12(20-13)9-5-2-1-3-6-9/h1-3,5-6H,4,7-8H2,(H,18,19)(H,14,16,17). The smallest absolute Gasteiger partial charge is 0.303 e. The lowest BCUT2D eigenvalue weighted by atomic mass is 10.2. The van der Waals surface area contributed by atoms with Crippen molar-refractivity contribution in [2.45, 2.75) is 19.3 Å². The molecule has 2 N–H and O–H groups in total. The van der Waals surface area contributed by atoms with Crippen LogP contribution in [0.15, 0.2) is 30.3 Å². The fourth-order valence-corrected chi connectivity index (χ4v) is 2.32. The van der Waals surface area contributed by atoms with Crippen LogP contribution >= 0.6 is 11.3 Å². The van der Waals surface area contributed by atoms with Crippen molar-refractivity contribution in [2.24, 2.45) is 0 Å². The SMILES string of the molecule is O=C(O)CCCC(=O)Nc1nnc(-c2ccccc2)s1. The van der Waals surface area contributed by atoms with Gasteiger partial charge in [0.25, 0.3) is 0 Å². The molecule has 0 unspecified atom stereocenters. The van der Waals surface area contributed by atoms with Gasteiger partial charge >= 0.3 is 5.97 Å². The second-order valence-electron chi connectivity index (χ2n) is 4.07. The summed E-state index contributed by atoms with van der Waals surface area (Å²) in [5, 5.41) is 20.2. The molecule has 20 heavy (non-hydrogen) atoms. The van der Waals surface area contributed by atoms with Crippen LogP contribution in [-0.4, -0.2) is 27.2 Å². The fourth-order valence-electron chi connectivity index (χ4n) is 1.55. The van der Waals surface area contributed by atoms with Crippen LogP contribution in [0.5, 0.6) is 0 Å². The zero-order valence-corrected chi connectivity index (χ0v) is 11.4. The summed E-state index contributed by atoms with van der Waals surface area (Å²) < 4.78 is 0. The number of benzene rings is 1. The van der Waals surface area contributed by atoms with Crippen LogP contribution in [0.2, 0.25) is 0 Å². The molecule has 0 bridgehead atoms. The number of carbonyl (C=O) groups excluding carboxylic acids is 1. The molecule has 1 aromatic carbocycles. The molecule has 0 spiro atoms. The van der Waals surface area contributed by atoms with Crippen molar-refractivity contribution in [1.29, 1.82) is 0 Å². The number of carbonyl (C=O) groups is 2. The minimum absolute atomic E-state index is 0.0151. The van der Waals surface area contributed by atoms with Gasteiger partial charge in [0.05, 0.1) is 0 Å². The van der Waals surface area contributed by atoms with E-state index in [4.69, 9.17) is 5.11 Å². The lowest BCUT2D eigenvalue weighted by Gasteiger charge is -1.99. The summed E-state index contributed by atoms with van der Waals surface area (Å²) in [6.07, 6.45) is 0.455. The van der Waals surface area contributed by atoms with Gasteiger partial charge in [-0.2, -0.15) is 0 Å². The molecule has 0 saturated heterocycles. The number of carboxylic acids is 1. The Labute approximate surface area is 119 Å². The molecule has 2 aromatic rings. The number of aliphatic carboxylic acids is 1. The molecule has 0 aliphatic heterocycles. The van der Waals surface area contributed by atoms with Crippen LogP contribution in [0.1, 0.15) is 19.3 Å². The Morgan fingerprint density at radius 2 is 1.90 bits per heavy atom. The van der Waals surface area contributed by atoms with Gasteiger partial charge in [-0.15, -0.1) is 10.2 Å². The van der Waals surface area contributed by atoms with Crippen LogP contribution in [-0.2, 0) is 9.59 Å². The molecule has 7 heteroatoms. The Morgan fingerprint density at radius 1 is 1.15 bits per heavy atom. The van der Waals surface area contributed by atoms with Gasteiger partial charge in [0.15, 0.2) is 0 Å². The molecule has 0 atom stereocenters. The molecule has 0 aliphatic carbocycles. The highest BCUT2D eigenvalue weighted by Gasteiger charge is 2.09. The first-order valence-corrected chi connectivity index (χ1v) is 6.87. The number of hydrogen-bond donors (Lipinski definition) is 2. The summed E-state index contributed by atoms with van der Waals surface area (Å²) in [6.45, 7) is 0. The van der Waals surface area contributed by atoms with Crippen molar-refractivity contribution in [3.63, 3.8) is 0 Å². The molecule has 6 nitrogen and oxygen atoms in total. The highest BCUT2D eigenvalue weighted by atomic mass is 32.1. The normalized spacial score (nSPS) is 10.2. The molecular formula is C13H13N3O3S. The van der Waals surface area contributed by atoms with Crippen LogP contribution in [0, 0.1) is 0 Å².